The van der Waals surface area contributed by atoms with Crippen molar-refractivity contribution in [2.75, 3.05) is 6.61 Å². The standard InChI is InChI=1S/C15H17N3O3/c1-2-20-15(19)13-14(17-18-16-13)21-12-8-7-10-5-3-4-6-11(10)9-12/h7-9H,2-6H2,1H3,(H,16,17,18). The van der Waals surface area contributed by atoms with Crippen LogP contribution >= 0.6 is 0 Å². The fourth-order valence-corrected chi connectivity index (χ4v) is 2.51. The van der Waals surface area contributed by atoms with E-state index >= 15 is 0 Å². The maximum atomic E-state index is 11.7. The van der Waals surface area contributed by atoms with Crippen molar-refractivity contribution < 1.29 is 14.3 Å². The molecule has 0 unspecified atom stereocenters. The molecule has 1 aromatic heterocycles. The van der Waals surface area contributed by atoms with E-state index in [9.17, 15) is 4.79 Å². The Bertz CT molecular complexity index is 651. The number of aromatic amines is 1. The molecule has 2 aromatic rings. The average molecular weight is 287 g/mol. The first-order valence-electron chi connectivity index (χ1n) is 7.15. The second kappa shape index (κ2) is 5.95. The second-order valence-corrected chi connectivity index (χ2v) is 4.95. The monoisotopic (exact) mass is 287 g/mol. The molecular weight excluding hydrogens is 270 g/mol. The van der Waals surface area contributed by atoms with Crippen LogP contribution in [0.5, 0.6) is 11.6 Å². The summed E-state index contributed by atoms with van der Waals surface area (Å²) in [6, 6.07) is 5.99. The third-order valence-corrected chi connectivity index (χ3v) is 3.53. The van der Waals surface area contributed by atoms with Crippen LogP contribution in [-0.2, 0) is 17.6 Å². The number of benzene rings is 1. The van der Waals surface area contributed by atoms with Gasteiger partial charge >= 0.3 is 5.97 Å². The number of hydrogen-bond donors (Lipinski definition) is 1. The number of nitrogens with one attached hydrogen (secondary N) is 1. The molecule has 1 N–H and O–H groups in total. The van der Waals surface area contributed by atoms with Gasteiger partial charge in [0.15, 0.2) is 0 Å². The third kappa shape index (κ3) is 2.89. The number of hydrogen-bond acceptors (Lipinski definition) is 5. The number of fused-ring (bicyclic) bond motifs is 1. The largest absolute Gasteiger partial charge is 0.461 e. The maximum absolute atomic E-state index is 11.7. The van der Waals surface area contributed by atoms with Gasteiger partial charge in [-0.15, -0.1) is 0 Å². The molecule has 1 aliphatic rings. The van der Waals surface area contributed by atoms with Crippen molar-refractivity contribution in [2.24, 2.45) is 0 Å². The van der Waals surface area contributed by atoms with Gasteiger partial charge in [-0.3, -0.25) is 0 Å². The van der Waals surface area contributed by atoms with E-state index < -0.39 is 5.97 Å². The van der Waals surface area contributed by atoms with Crippen LogP contribution in [0.3, 0.4) is 0 Å². The Morgan fingerprint density at radius 1 is 1.29 bits per heavy atom. The minimum absolute atomic E-state index is 0.134. The third-order valence-electron chi connectivity index (χ3n) is 3.53. The zero-order chi connectivity index (χ0) is 14.7. The molecule has 21 heavy (non-hydrogen) atoms. The predicted molar refractivity (Wildman–Crippen MR) is 75.5 cm³/mol. The molecule has 1 aliphatic carbocycles. The van der Waals surface area contributed by atoms with Crippen LogP contribution < -0.4 is 4.74 Å². The van der Waals surface area contributed by atoms with Gasteiger partial charge in [0, 0.05) is 0 Å². The number of aromatic nitrogens is 3. The molecule has 0 radical (unpaired) electrons. The highest BCUT2D eigenvalue weighted by atomic mass is 16.5. The van der Waals surface area contributed by atoms with E-state index in [1.807, 2.05) is 12.1 Å². The van der Waals surface area contributed by atoms with Crippen LogP contribution in [0.2, 0.25) is 0 Å². The van der Waals surface area contributed by atoms with E-state index in [0.717, 1.165) is 12.8 Å². The molecule has 0 amide bonds. The van der Waals surface area contributed by atoms with E-state index in [1.165, 1.54) is 24.0 Å². The zero-order valence-corrected chi connectivity index (χ0v) is 11.9. The van der Waals surface area contributed by atoms with Gasteiger partial charge in [0.25, 0.3) is 5.88 Å². The van der Waals surface area contributed by atoms with Crippen molar-refractivity contribution in [3.8, 4) is 11.6 Å². The topological polar surface area (TPSA) is 77.1 Å². The number of H-pyrrole nitrogens is 1. The van der Waals surface area contributed by atoms with Crippen molar-refractivity contribution >= 4 is 5.97 Å². The second-order valence-electron chi connectivity index (χ2n) is 4.95. The van der Waals surface area contributed by atoms with E-state index in [-0.39, 0.29) is 18.2 Å². The van der Waals surface area contributed by atoms with Gasteiger partial charge in [-0.1, -0.05) is 16.4 Å². The smallest absolute Gasteiger partial charge is 0.362 e. The Balaban J connectivity index is 1.81. The molecule has 0 aliphatic heterocycles. The molecule has 6 heteroatoms. The number of esters is 1. The molecule has 0 saturated carbocycles. The molecule has 1 heterocycles. The molecular formula is C15H17N3O3. The van der Waals surface area contributed by atoms with Gasteiger partial charge in [-0.25, -0.2) is 9.89 Å². The number of carbonyl (C=O) groups excluding carboxylic acids is 1. The molecule has 0 spiro atoms. The molecule has 6 nitrogen and oxygen atoms in total. The summed E-state index contributed by atoms with van der Waals surface area (Å²) >= 11 is 0. The zero-order valence-electron chi connectivity index (χ0n) is 11.9. The fourth-order valence-electron chi connectivity index (χ4n) is 2.51. The van der Waals surface area contributed by atoms with Crippen molar-refractivity contribution in [2.45, 2.75) is 32.6 Å². The van der Waals surface area contributed by atoms with Crippen molar-refractivity contribution in [3.05, 3.63) is 35.0 Å². The van der Waals surface area contributed by atoms with Gasteiger partial charge < -0.3 is 9.47 Å². The van der Waals surface area contributed by atoms with Gasteiger partial charge in [0.05, 0.1) is 6.61 Å². The Kier molecular flexibility index (Phi) is 3.85. The van der Waals surface area contributed by atoms with Gasteiger partial charge in [-0.2, -0.15) is 0 Å². The molecule has 0 fully saturated rings. The SMILES string of the molecule is CCOC(=O)c1[nH]nnc1Oc1ccc2c(c1)CCCC2. The molecule has 3 rings (SSSR count). The summed E-state index contributed by atoms with van der Waals surface area (Å²) in [7, 11) is 0. The van der Waals surface area contributed by atoms with E-state index in [4.69, 9.17) is 9.47 Å². The molecule has 110 valence electrons. The normalized spacial score (nSPS) is 13.6. The molecule has 0 saturated heterocycles. The summed E-state index contributed by atoms with van der Waals surface area (Å²) < 4.78 is 10.6. The summed E-state index contributed by atoms with van der Waals surface area (Å²) in [6.07, 6.45) is 4.63. The van der Waals surface area contributed by atoms with E-state index in [1.54, 1.807) is 6.92 Å². The quantitative estimate of drug-likeness (QED) is 0.875. The Morgan fingerprint density at radius 3 is 2.90 bits per heavy atom. The Morgan fingerprint density at radius 2 is 2.10 bits per heavy atom. The highest BCUT2D eigenvalue weighted by Gasteiger charge is 2.19. The van der Waals surface area contributed by atoms with Crippen LogP contribution in [0, 0.1) is 0 Å². The van der Waals surface area contributed by atoms with Crippen LogP contribution in [0.25, 0.3) is 0 Å². The summed E-state index contributed by atoms with van der Waals surface area (Å²) in [5, 5.41) is 9.92. The van der Waals surface area contributed by atoms with Crippen molar-refractivity contribution in [1.82, 2.24) is 15.4 Å². The van der Waals surface area contributed by atoms with Gasteiger partial charge in [0.1, 0.15) is 5.75 Å². The highest BCUT2D eigenvalue weighted by Crippen LogP contribution is 2.28. The lowest BCUT2D eigenvalue weighted by molar-refractivity contribution is 0.0516. The van der Waals surface area contributed by atoms with Gasteiger partial charge in [-0.05, 0) is 55.9 Å². The first kappa shape index (κ1) is 13.6. The van der Waals surface area contributed by atoms with Crippen LogP contribution in [0.15, 0.2) is 18.2 Å². The maximum Gasteiger partial charge on any atom is 0.362 e. The summed E-state index contributed by atoms with van der Waals surface area (Å²) in [6.45, 7) is 2.03. The lowest BCUT2D eigenvalue weighted by Gasteiger charge is -2.16. The number of rotatable bonds is 4. The van der Waals surface area contributed by atoms with Gasteiger partial charge in [0.2, 0.25) is 5.69 Å². The average Bonchev–Trinajstić information content (AvgIpc) is 2.95. The number of nitrogens with zero attached hydrogens (tertiary/aromatic N) is 2. The van der Waals surface area contributed by atoms with Crippen LogP contribution in [0.4, 0.5) is 0 Å². The Labute approximate surface area is 122 Å². The summed E-state index contributed by atoms with van der Waals surface area (Å²) in [5.74, 6) is 0.287. The van der Waals surface area contributed by atoms with E-state index in [2.05, 4.69) is 21.5 Å². The molecule has 1 aromatic carbocycles. The van der Waals surface area contributed by atoms with Crippen molar-refractivity contribution in [3.63, 3.8) is 0 Å². The fraction of sp³-hybridized carbons (Fsp3) is 0.400. The predicted octanol–water partition coefficient (Wildman–Crippen LogP) is 2.65. The molecule has 0 bridgehead atoms. The van der Waals surface area contributed by atoms with E-state index in [0.29, 0.717) is 5.75 Å². The lowest BCUT2D eigenvalue weighted by Crippen LogP contribution is -2.07. The lowest BCUT2D eigenvalue weighted by atomic mass is 9.92. The first-order valence-corrected chi connectivity index (χ1v) is 7.15. The number of aryl methyl sites for hydroxylation is 2. The highest BCUT2D eigenvalue weighted by molar-refractivity contribution is 5.89. The Hall–Kier alpha value is -2.37. The minimum Gasteiger partial charge on any atom is -0.461 e. The molecule has 0 atom stereocenters. The van der Waals surface area contributed by atoms with Crippen LogP contribution in [-0.4, -0.2) is 28.0 Å². The first-order chi connectivity index (χ1) is 10.3. The summed E-state index contributed by atoms with van der Waals surface area (Å²) in [4.78, 5) is 11.7. The summed E-state index contributed by atoms with van der Waals surface area (Å²) in [5.41, 5.74) is 2.81. The van der Waals surface area contributed by atoms with Crippen molar-refractivity contribution in [1.29, 1.82) is 0 Å². The number of carbonyl (C=O) groups is 1. The number of ether oxygens (including phenoxy) is 2. The van der Waals surface area contributed by atoms with Crippen LogP contribution in [0.1, 0.15) is 41.4 Å². The minimum atomic E-state index is -0.518.